The number of esters is 1. The fourth-order valence-electron chi connectivity index (χ4n) is 4.38. The predicted molar refractivity (Wildman–Crippen MR) is 109 cm³/mol. The maximum absolute atomic E-state index is 13.2. The van der Waals surface area contributed by atoms with Crippen LogP contribution < -0.4 is 4.90 Å². The second kappa shape index (κ2) is 7.78. The molecule has 2 aromatic carbocycles. The zero-order valence-corrected chi connectivity index (χ0v) is 17.1. The van der Waals surface area contributed by atoms with Crippen LogP contribution in [0.25, 0.3) is 0 Å². The summed E-state index contributed by atoms with van der Waals surface area (Å²) in [6, 6.07) is 17.6. The van der Waals surface area contributed by atoms with Crippen LogP contribution >= 0.6 is 0 Å². The summed E-state index contributed by atoms with van der Waals surface area (Å²) in [6.07, 6.45) is 1.74. The lowest BCUT2D eigenvalue weighted by molar-refractivity contribution is -0.253. The van der Waals surface area contributed by atoms with Crippen molar-refractivity contribution in [2.75, 3.05) is 25.7 Å². The number of rotatable bonds is 7. The van der Waals surface area contributed by atoms with Crippen molar-refractivity contribution in [2.45, 2.75) is 43.8 Å². The summed E-state index contributed by atoms with van der Waals surface area (Å²) in [4.78, 5) is 15.2. The lowest BCUT2D eigenvalue weighted by atomic mass is 9.87. The van der Waals surface area contributed by atoms with Crippen molar-refractivity contribution in [3.63, 3.8) is 0 Å². The number of unbranched alkanes of at least 4 members (excludes halogenated alkanes) is 1. The average Bonchev–Trinajstić information content (AvgIpc) is 3.06. The van der Waals surface area contributed by atoms with Gasteiger partial charge in [-0.15, -0.1) is 0 Å². The van der Waals surface area contributed by atoms with E-state index in [1.165, 1.54) is 7.11 Å². The molecule has 0 N–H and O–H groups in total. The summed E-state index contributed by atoms with van der Waals surface area (Å²) in [5.74, 6) is -1.65. The van der Waals surface area contributed by atoms with Crippen molar-refractivity contribution in [1.82, 2.24) is 0 Å². The van der Waals surface area contributed by atoms with E-state index in [-0.39, 0.29) is 0 Å². The fraction of sp³-hybridized carbons (Fsp3) is 0.435. The maximum atomic E-state index is 13.2. The van der Waals surface area contributed by atoms with Crippen LogP contribution in [0.3, 0.4) is 0 Å². The first-order valence-corrected chi connectivity index (χ1v) is 10.0. The third-order valence-corrected chi connectivity index (χ3v) is 5.74. The highest BCUT2D eigenvalue weighted by atomic mass is 16.8. The van der Waals surface area contributed by atoms with Gasteiger partial charge < -0.3 is 18.9 Å². The minimum atomic E-state index is -1.37. The van der Waals surface area contributed by atoms with E-state index >= 15 is 0 Å². The van der Waals surface area contributed by atoms with E-state index in [2.05, 4.69) is 6.92 Å². The van der Waals surface area contributed by atoms with Gasteiger partial charge in [-0.25, -0.2) is 4.79 Å². The summed E-state index contributed by atoms with van der Waals surface area (Å²) >= 11 is 0. The molecule has 3 unspecified atom stereocenters. The van der Waals surface area contributed by atoms with E-state index in [1.807, 2.05) is 59.5 Å². The van der Waals surface area contributed by atoms with Crippen LogP contribution in [-0.4, -0.2) is 38.8 Å². The average molecular weight is 397 g/mol. The molecule has 2 heterocycles. The van der Waals surface area contributed by atoms with Crippen LogP contribution in [0, 0.1) is 0 Å². The maximum Gasteiger partial charge on any atom is 0.345 e. The number of benzene rings is 2. The molecule has 0 amide bonds. The number of para-hydroxylation sites is 2. The first-order valence-electron chi connectivity index (χ1n) is 10.0. The molecule has 154 valence electrons. The lowest BCUT2D eigenvalue weighted by Gasteiger charge is -2.47. The van der Waals surface area contributed by atoms with Gasteiger partial charge in [-0.05, 0) is 24.6 Å². The molecule has 2 aromatic rings. The molecule has 0 spiro atoms. The number of carbonyl (C=O) groups is 1. The Labute approximate surface area is 171 Å². The standard InChI is InChI=1S/C23H27NO5/c1-4-5-15-28-20-16-22(27-3)24(17-11-7-6-8-12-17)19-14-10-9-13-18(19)23(20,29-22)21(25)26-2/h6-14,20H,4-5,15-16H2,1-3H3. The Bertz CT molecular complexity index is 873. The molecule has 2 bridgehead atoms. The molecule has 4 rings (SSSR count). The third kappa shape index (κ3) is 2.94. The van der Waals surface area contributed by atoms with E-state index < -0.39 is 23.6 Å². The van der Waals surface area contributed by atoms with Crippen molar-refractivity contribution in [1.29, 1.82) is 0 Å². The molecular formula is C23H27NO5. The molecule has 6 nitrogen and oxygen atoms in total. The lowest BCUT2D eigenvalue weighted by Crippen LogP contribution is -2.56. The molecule has 0 aromatic heterocycles. The highest BCUT2D eigenvalue weighted by Gasteiger charge is 2.69. The third-order valence-electron chi connectivity index (χ3n) is 5.74. The normalized spacial score (nSPS) is 27.6. The van der Waals surface area contributed by atoms with Crippen LogP contribution in [0.2, 0.25) is 0 Å². The van der Waals surface area contributed by atoms with E-state index in [4.69, 9.17) is 18.9 Å². The highest BCUT2D eigenvalue weighted by molar-refractivity contribution is 5.88. The van der Waals surface area contributed by atoms with Gasteiger partial charge in [-0.1, -0.05) is 49.7 Å². The van der Waals surface area contributed by atoms with Gasteiger partial charge in [-0.3, -0.25) is 4.90 Å². The van der Waals surface area contributed by atoms with Crippen LogP contribution in [0.1, 0.15) is 31.7 Å². The summed E-state index contributed by atoms with van der Waals surface area (Å²) < 4.78 is 23.9. The van der Waals surface area contributed by atoms with Crippen LogP contribution in [0.15, 0.2) is 54.6 Å². The molecule has 2 aliphatic heterocycles. The van der Waals surface area contributed by atoms with Gasteiger partial charge in [0.2, 0.25) is 5.60 Å². The van der Waals surface area contributed by atoms with Gasteiger partial charge in [0.25, 0.3) is 5.91 Å². The molecule has 3 atom stereocenters. The molecule has 6 heteroatoms. The summed E-state index contributed by atoms with van der Waals surface area (Å²) in [6.45, 7) is 2.64. The quantitative estimate of drug-likeness (QED) is 0.518. The summed E-state index contributed by atoms with van der Waals surface area (Å²) in [7, 11) is 2.98. The minimum absolute atomic E-state index is 0.367. The Morgan fingerprint density at radius 2 is 1.86 bits per heavy atom. The monoisotopic (exact) mass is 397 g/mol. The number of anilines is 2. The molecule has 2 aliphatic rings. The Morgan fingerprint density at radius 3 is 2.55 bits per heavy atom. The van der Waals surface area contributed by atoms with E-state index in [0.717, 1.165) is 29.8 Å². The van der Waals surface area contributed by atoms with Crippen molar-refractivity contribution >= 4 is 17.3 Å². The fourth-order valence-corrected chi connectivity index (χ4v) is 4.38. The SMILES string of the molecule is CCCCOC1CC2(OC)OC1(C(=O)OC)c1ccccc1N2c1ccccc1. The van der Waals surface area contributed by atoms with Gasteiger partial charge in [0, 0.05) is 25.0 Å². The zero-order valence-electron chi connectivity index (χ0n) is 17.1. The first kappa shape index (κ1) is 19.9. The van der Waals surface area contributed by atoms with E-state index in [9.17, 15) is 4.79 Å². The van der Waals surface area contributed by atoms with Crippen molar-refractivity contribution in [2.24, 2.45) is 0 Å². The highest BCUT2D eigenvalue weighted by Crippen LogP contribution is 2.58. The Balaban J connectivity index is 1.92. The number of hydrogen-bond donors (Lipinski definition) is 0. The summed E-state index contributed by atoms with van der Waals surface area (Å²) in [5, 5.41) is 0. The molecule has 0 radical (unpaired) electrons. The van der Waals surface area contributed by atoms with Crippen LogP contribution in [-0.2, 0) is 29.3 Å². The van der Waals surface area contributed by atoms with Gasteiger partial charge in [0.15, 0.2) is 0 Å². The van der Waals surface area contributed by atoms with Gasteiger partial charge in [0.1, 0.15) is 6.10 Å². The summed E-state index contributed by atoms with van der Waals surface area (Å²) in [5.41, 5.74) is 1.11. The Hall–Kier alpha value is -2.41. The van der Waals surface area contributed by atoms with Gasteiger partial charge >= 0.3 is 5.97 Å². The van der Waals surface area contributed by atoms with Gasteiger partial charge in [0.05, 0.1) is 19.2 Å². The Kier molecular flexibility index (Phi) is 5.34. The van der Waals surface area contributed by atoms with Crippen LogP contribution in [0.5, 0.6) is 0 Å². The number of methoxy groups -OCH3 is 2. The van der Waals surface area contributed by atoms with Crippen LogP contribution in [0.4, 0.5) is 11.4 Å². The smallest absolute Gasteiger partial charge is 0.345 e. The van der Waals surface area contributed by atoms with E-state index in [1.54, 1.807) is 7.11 Å². The van der Waals surface area contributed by atoms with Crippen molar-refractivity contribution in [3.8, 4) is 0 Å². The number of carbonyl (C=O) groups excluding carboxylic acids is 1. The number of fused-ring (bicyclic) bond motifs is 4. The van der Waals surface area contributed by atoms with Gasteiger partial charge in [-0.2, -0.15) is 0 Å². The van der Waals surface area contributed by atoms with Crippen molar-refractivity contribution in [3.05, 3.63) is 60.2 Å². The topological polar surface area (TPSA) is 57.2 Å². The Morgan fingerprint density at radius 1 is 1.14 bits per heavy atom. The predicted octanol–water partition coefficient (Wildman–Crippen LogP) is 4.11. The zero-order chi connectivity index (χ0) is 20.5. The number of ether oxygens (including phenoxy) is 4. The number of nitrogens with zero attached hydrogens (tertiary/aromatic N) is 1. The second-order valence-electron chi connectivity index (χ2n) is 7.35. The largest absolute Gasteiger partial charge is 0.467 e. The van der Waals surface area contributed by atoms with Crippen molar-refractivity contribution < 1.29 is 23.7 Å². The molecule has 1 fully saturated rings. The first-order chi connectivity index (χ1) is 14.1. The molecule has 1 saturated heterocycles. The molecule has 29 heavy (non-hydrogen) atoms. The van der Waals surface area contributed by atoms with E-state index in [0.29, 0.717) is 13.0 Å². The molecule has 0 saturated carbocycles. The number of hydrogen-bond acceptors (Lipinski definition) is 6. The molecular weight excluding hydrogens is 370 g/mol. The molecule has 0 aliphatic carbocycles. The second-order valence-corrected chi connectivity index (χ2v) is 7.35. The minimum Gasteiger partial charge on any atom is -0.467 e.